The molecule has 0 radical (unpaired) electrons. The van der Waals surface area contributed by atoms with Gasteiger partial charge in [0, 0.05) is 16.3 Å². The zero-order chi connectivity index (χ0) is 34.9. The Labute approximate surface area is 314 Å². The molecule has 2 nitrogen and oxygen atoms in total. The van der Waals surface area contributed by atoms with Crippen LogP contribution in [0.5, 0.6) is 0 Å². The number of para-hydroxylation sites is 5. The van der Waals surface area contributed by atoms with E-state index >= 15 is 0 Å². The standard InChI is InChI=1S/C50H34N2S/c1-3-16-36(17-4-1)51-44-26-11-9-24-42(44)50(43-25-10-12-27-45(43)51)41-23-8-7-20-39(41)40-22-15-21-38(48(40)50)34-30-32-35(33-31-34)49-52(37-18-5-2-6-19-37)46-28-13-14-29-47(46)53-49/h1-33,49H. The summed E-state index contributed by atoms with van der Waals surface area (Å²) in [6.45, 7) is 0. The second-order valence-electron chi connectivity index (χ2n) is 14.0. The molecule has 0 saturated heterocycles. The van der Waals surface area contributed by atoms with Crippen LogP contribution in [-0.2, 0) is 5.41 Å². The van der Waals surface area contributed by atoms with Crippen molar-refractivity contribution in [3.63, 3.8) is 0 Å². The van der Waals surface area contributed by atoms with Crippen molar-refractivity contribution in [1.29, 1.82) is 0 Å². The van der Waals surface area contributed by atoms with Crippen LogP contribution in [0.2, 0.25) is 0 Å². The number of benzene rings is 8. The lowest BCUT2D eigenvalue weighted by Crippen LogP contribution is -2.36. The molecule has 0 amide bonds. The molecule has 0 saturated carbocycles. The fraction of sp³-hybridized carbons (Fsp3) is 0.0400. The number of fused-ring (bicyclic) bond motifs is 10. The quantitative estimate of drug-likeness (QED) is 0.181. The lowest BCUT2D eigenvalue weighted by molar-refractivity contribution is 0.754. The molecule has 2 heterocycles. The van der Waals surface area contributed by atoms with Crippen LogP contribution >= 0.6 is 11.8 Å². The second kappa shape index (κ2) is 11.9. The molecule has 2 aliphatic heterocycles. The summed E-state index contributed by atoms with van der Waals surface area (Å²) in [7, 11) is 0. The topological polar surface area (TPSA) is 6.48 Å². The fourth-order valence-corrected chi connectivity index (χ4v) is 10.5. The van der Waals surface area contributed by atoms with Crippen molar-refractivity contribution in [3.05, 3.63) is 228 Å². The summed E-state index contributed by atoms with van der Waals surface area (Å²) < 4.78 is 0. The van der Waals surface area contributed by atoms with Gasteiger partial charge in [0.25, 0.3) is 0 Å². The lowest BCUT2D eigenvalue weighted by Gasteiger charge is -2.45. The third-order valence-corrected chi connectivity index (χ3v) is 12.6. The highest BCUT2D eigenvalue weighted by atomic mass is 32.2. The van der Waals surface area contributed by atoms with Gasteiger partial charge in [0.15, 0.2) is 0 Å². The van der Waals surface area contributed by atoms with Gasteiger partial charge in [-0.1, -0.05) is 163 Å². The summed E-state index contributed by atoms with van der Waals surface area (Å²) in [5.41, 5.74) is 17.2. The summed E-state index contributed by atoms with van der Waals surface area (Å²) in [4.78, 5) is 6.24. The van der Waals surface area contributed by atoms with Crippen molar-refractivity contribution in [2.45, 2.75) is 15.7 Å². The van der Waals surface area contributed by atoms with Crippen molar-refractivity contribution in [2.24, 2.45) is 0 Å². The largest absolute Gasteiger partial charge is 0.323 e. The van der Waals surface area contributed by atoms with Crippen molar-refractivity contribution in [2.75, 3.05) is 9.80 Å². The predicted molar refractivity (Wildman–Crippen MR) is 221 cm³/mol. The van der Waals surface area contributed by atoms with Crippen LogP contribution in [0.1, 0.15) is 33.2 Å². The molecule has 1 aliphatic carbocycles. The Morgan fingerprint density at radius 1 is 0.396 bits per heavy atom. The number of thioether (sulfide) groups is 1. The molecule has 1 unspecified atom stereocenters. The zero-order valence-electron chi connectivity index (χ0n) is 28.9. The molecule has 0 aromatic heterocycles. The van der Waals surface area contributed by atoms with Gasteiger partial charge in [0.2, 0.25) is 0 Å². The van der Waals surface area contributed by atoms with Gasteiger partial charge in [0.1, 0.15) is 5.37 Å². The molecule has 0 fully saturated rings. The summed E-state index contributed by atoms with van der Waals surface area (Å²) in [6.07, 6.45) is 0. The normalized spacial score (nSPS) is 15.7. The predicted octanol–water partition coefficient (Wildman–Crippen LogP) is 13.4. The van der Waals surface area contributed by atoms with Gasteiger partial charge in [-0.15, -0.1) is 0 Å². The van der Waals surface area contributed by atoms with E-state index in [0.717, 1.165) is 5.69 Å². The van der Waals surface area contributed by atoms with E-state index in [1.54, 1.807) is 0 Å². The van der Waals surface area contributed by atoms with Gasteiger partial charge < -0.3 is 9.80 Å². The van der Waals surface area contributed by atoms with Gasteiger partial charge in [-0.2, -0.15) is 0 Å². The molecular formula is C50H34N2S. The molecule has 11 rings (SSSR count). The Morgan fingerprint density at radius 3 is 1.62 bits per heavy atom. The first-order valence-electron chi connectivity index (χ1n) is 18.3. The monoisotopic (exact) mass is 694 g/mol. The van der Waals surface area contributed by atoms with E-state index in [9.17, 15) is 0 Å². The lowest BCUT2D eigenvalue weighted by atomic mass is 9.63. The van der Waals surface area contributed by atoms with Crippen LogP contribution in [0.25, 0.3) is 22.3 Å². The number of rotatable bonds is 4. The van der Waals surface area contributed by atoms with Crippen molar-refractivity contribution < 1.29 is 0 Å². The maximum Gasteiger partial charge on any atom is 0.110 e. The summed E-state index contributed by atoms with van der Waals surface area (Å²) in [5.74, 6) is 0. The maximum absolute atomic E-state index is 2.48. The summed E-state index contributed by atoms with van der Waals surface area (Å²) in [5, 5.41) is 0.141. The maximum atomic E-state index is 2.48. The van der Waals surface area contributed by atoms with E-state index in [-0.39, 0.29) is 5.37 Å². The van der Waals surface area contributed by atoms with Crippen LogP contribution in [0, 0.1) is 0 Å². The minimum Gasteiger partial charge on any atom is -0.323 e. The fourth-order valence-electron chi connectivity index (χ4n) is 9.22. The third-order valence-electron chi connectivity index (χ3n) is 11.3. The first-order chi connectivity index (χ1) is 26.3. The highest BCUT2D eigenvalue weighted by Crippen LogP contribution is 2.65. The highest BCUT2D eigenvalue weighted by molar-refractivity contribution is 8.00. The van der Waals surface area contributed by atoms with Gasteiger partial charge in [0.05, 0.1) is 22.5 Å². The van der Waals surface area contributed by atoms with Gasteiger partial charge in [-0.05, 0) is 98.6 Å². The Kier molecular flexibility index (Phi) is 6.80. The molecule has 8 aromatic carbocycles. The third kappa shape index (κ3) is 4.35. The first-order valence-corrected chi connectivity index (χ1v) is 19.2. The Balaban J connectivity index is 1.11. The van der Waals surface area contributed by atoms with E-state index in [1.807, 2.05) is 11.8 Å². The van der Waals surface area contributed by atoms with Crippen molar-refractivity contribution in [3.8, 4) is 22.3 Å². The number of nitrogens with zero attached hydrogens (tertiary/aromatic N) is 2. The molecule has 0 bridgehead atoms. The molecule has 1 atom stereocenters. The van der Waals surface area contributed by atoms with E-state index in [1.165, 1.54) is 77.7 Å². The average molecular weight is 695 g/mol. The van der Waals surface area contributed by atoms with Crippen LogP contribution < -0.4 is 9.80 Å². The van der Waals surface area contributed by atoms with Gasteiger partial charge >= 0.3 is 0 Å². The molecule has 3 aliphatic rings. The number of hydrogen-bond acceptors (Lipinski definition) is 3. The van der Waals surface area contributed by atoms with Gasteiger partial charge in [-0.3, -0.25) is 0 Å². The van der Waals surface area contributed by atoms with E-state index in [2.05, 4.69) is 210 Å². The summed E-state index contributed by atoms with van der Waals surface area (Å²) >= 11 is 1.93. The Hall–Kier alpha value is -6.29. The SMILES string of the molecule is c1ccc(N2c3ccccc3C3(c4ccccc4-c4cccc(-c5ccc(C6Sc7ccccc7N6c6ccccc6)cc5)c43)c3ccccc32)cc1. The van der Waals surface area contributed by atoms with Crippen molar-refractivity contribution >= 4 is 40.2 Å². The van der Waals surface area contributed by atoms with E-state index < -0.39 is 5.41 Å². The first kappa shape index (κ1) is 30.3. The molecule has 53 heavy (non-hydrogen) atoms. The molecule has 1 spiro atoms. The summed E-state index contributed by atoms with van der Waals surface area (Å²) in [6, 6.07) is 73.9. The zero-order valence-corrected chi connectivity index (χ0v) is 29.7. The number of hydrogen-bond donors (Lipinski definition) is 0. The highest BCUT2D eigenvalue weighted by Gasteiger charge is 2.52. The minimum atomic E-state index is -0.507. The van der Waals surface area contributed by atoms with E-state index in [4.69, 9.17) is 0 Å². The van der Waals surface area contributed by atoms with Crippen LogP contribution in [-0.4, -0.2) is 0 Å². The molecule has 250 valence electrons. The smallest absolute Gasteiger partial charge is 0.110 e. The Morgan fingerprint density at radius 2 is 0.925 bits per heavy atom. The van der Waals surface area contributed by atoms with Crippen LogP contribution in [0.15, 0.2) is 205 Å². The molecule has 8 aromatic rings. The van der Waals surface area contributed by atoms with Crippen LogP contribution in [0.3, 0.4) is 0 Å². The van der Waals surface area contributed by atoms with Gasteiger partial charge in [-0.25, -0.2) is 0 Å². The molecule has 0 N–H and O–H groups in total. The second-order valence-corrected chi connectivity index (χ2v) is 15.1. The van der Waals surface area contributed by atoms with E-state index in [0.29, 0.717) is 0 Å². The van der Waals surface area contributed by atoms with Crippen LogP contribution in [0.4, 0.5) is 28.4 Å². The number of anilines is 5. The average Bonchev–Trinajstić information content (AvgIpc) is 3.77. The minimum absolute atomic E-state index is 0.141. The molecule has 3 heteroatoms. The Bertz CT molecular complexity index is 2620. The van der Waals surface area contributed by atoms with Crippen molar-refractivity contribution in [1.82, 2.24) is 0 Å². The molecular weight excluding hydrogens is 661 g/mol.